The molecule has 1 saturated carbocycles. The predicted octanol–water partition coefficient (Wildman–Crippen LogP) is 2.34. The number of nitrogen functional groups attached to an aromatic ring is 1. The largest absolute Gasteiger partial charge is 0.420 e. The third kappa shape index (κ3) is 1.54. The van der Waals surface area contributed by atoms with E-state index in [0.717, 1.165) is 12.8 Å². The quantitative estimate of drug-likeness (QED) is 0.787. The van der Waals surface area contributed by atoms with Crippen LogP contribution in [-0.4, -0.2) is 10.2 Å². The van der Waals surface area contributed by atoms with Crippen molar-refractivity contribution in [3.63, 3.8) is 0 Å². The van der Waals surface area contributed by atoms with Crippen LogP contribution in [0.25, 0.3) is 11.5 Å². The number of nitrogens with two attached hydrogens (primary N) is 1. The molecule has 1 aromatic heterocycles. The van der Waals surface area contributed by atoms with Crippen LogP contribution in [0.5, 0.6) is 0 Å². The average molecular weight is 219 g/mol. The molecule has 1 fully saturated rings. The standard InChI is InChI=1S/C11H10FN3O/c12-9-5-7(13)3-4-8(9)11-15-14-10(16-11)6-1-2-6/h3-6H,1-2,13H2. The van der Waals surface area contributed by atoms with Crippen LogP contribution in [0.3, 0.4) is 0 Å². The number of nitrogens with zero attached hydrogens (tertiary/aromatic N) is 2. The first-order valence-electron chi connectivity index (χ1n) is 5.13. The van der Waals surface area contributed by atoms with E-state index in [1.54, 1.807) is 12.1 Å². The summed E-state index contributed by atoms with van der Waals surface area (Å²) in [6.45, 7) is 0. The fourth-order valence-electron chi connectivity index (χ4n) is 1.54. The Hall–Kier alpha value is -1.91. The lowest BCUT2D eigenvalue weighted by Crippen LogP contribution is -1.89. The number of halogens is 1. The van der Waals surface area contributed by atoms with Gasteiger partial charge in [-0.1, -0.05) is 0 Å². The summed E-state index contributed by atoms with van der Waals surface area (Å²) >= 11 is 0. The molecule has 0 radical (unpaired) electrons. The van der Waals surface area contributed by atoms with E-state index in [2.05, 4.69) is 10.2 Å². The molecule has 1 aliphatic rings. The Labute approximate surface area is 91.3 Å². The highest BCUT2D eigenvalue weighted by molar-refractivity contribution is 5.58. The molecular formula is C11H10FN3O. The molecule has 0 bridgehead atoms. The molecule has 0 unspecified atom stereocenters. The zero-order valence-electron chi connectivity index (χ0n) is 8.48. The minimum absolute atomic E-state index is 0.222. The molecule has 3 rings (SSSR count). The summed E-state index contributed by atoms with van der Waals surface area (Å²) in [6.07, 6.45) is 2.15. The number of benzene rings is 1. The van der Waals surface area contributed by atoms with E-state index in [9.17, 15) is 4.39 Å². The smallest absolute Gasteiger partial charge is 0.250 e. The zero-order chi connectivity index (χ0) is 11.1. The molecule has 2 N–H and O–H groups in total. The number of aromatic nitrogens is 2. The van der Waals surface area contributed by atoms with Crippen molar-refractivity contribution in [3.8, 4) is 11.5 Å². The predicted molar refractivity (Wildman–Crippen MR) is 56.1 cm³/mol. The lowest BCUT2D eigenvalue weighted by atomic mass is 10.2. The Kier molecular flexibility index (Phi) is 1.92. The highest BCUT2D eigenvalue weighted by Crippen LogP contribution is 2.40. The van der Waals surface area contributed by atoms with Crippen LogP contribution >= 0.6 is 0 Å². The molecular weight excluding hydrogens is 209 g/mol. The first-order chi connectivity index (χ1) is 7.74. The minimum atomic E-state index is -0.439. The lowest BCUT2D eigenvalue weighted by molar-refractivity contribution is 0.504. The molecule has 1 heterocycles. The Morgan fingerprint density at radius 2 is 2.12 bits per heavy atom. The first-order valence-corrected chi connectivity index (χ1v) is 5.13. The van der Waals surface area contributed by atoms with Gasteiger partial charge in [0.15, 0.2) is 0 Å². The van der Waals surface area contributed by atoms with Crippen molar-refractivity contribution in [1.29, 1.82) is 0 Å². The molecule has 16 heavy (non-hydrogen) atoms. The highest BCUT2D eigenvalue weighted by atomic mass is 19.1. The molecule has 5 heteroatoms. The molecule has 1 aliphatic carbocycles. The van der Waals surface area contributed by atoms with Crippen molar-refractivity contribution in [2.45, 2.75) is 18.8 Å². The van der Waals surface area contributed by atoms with Gasteiger partial charge in [-0.3, -0.25) is 0 Å². The van der Waals surface area contributed by atoms with Gasteiger partial charge in [0, 0.05) is 11.6 Å². The van der Waals surface area contributed by atoms with Gasteiger partial charge in [0.05, 0.1) is 5.56 Å². The van der Waals surface area contributed by atoms with Gasteiger partial charge in [-0.05, 0) is 31.0 Å². The van der Waals surface area contributed by atoms with Gasteiger partial charge in [0.2, 0.25) is 5.89 Å². The first kappa shape index (κ1) is 9.33. The van der Waals surface area contributed by atoms with E-state index in [4.69, 9.17) is 10.2 Å². The summed E-state index contributed by atoms with van der Waals surface area (Å²) < 4.78 is 19.0. The summed E-state index contributed by atoms with van der Waals surface area (Å²) in [5, 5.41) is 7.74. The van der Waals surface area contributed by atoms with Gasteiger partial charge in [-0.25, -0.2) is 4.39 Å². The second-order valence-corrected chi connectivity index (χ2v) is 3.96. The number of hydrogen-bond donors (Lipinski definition) is 1. The van der Waals surface area contributed by atoms with Gasteiger partial charge >= 0.3 is 0 Å². The van der Waals surface area contributed by atoms with Gasteiger partial charge in [0.25, 0.3) is 5.89 Å². The lowest BCUT2D eigenvalue weighted by Gasteiger charge is -1.98. The van der Waals surface area contributed by atoms with Crippen molar-refractivity contribution >= 4 is 5.69 Å². The van der Waals surface area contributed by atoms with Crippen LogP contribution in [0.15, 0.2) is 22.6 Å². The number of anilines is 1. The second kappa shape index (κ2) is 3.30. The number of hydrogen-bond acceptors (Lipinski definition) is 4. The molecule has 0 saturated heterocycles. The van der Waals surface area contributed by atoms with E-state index in [1.807, 2.05) is 0 Å². The van der Waals surface area contributed by atoms with Crippen molar-refractivity contribution in [2.24, 2.45) is 0 Å². The van der Waals surface area contributed by atoms with E-state index in [-0.39, 0.29) is 5.89 Å². The molecule has 4 nitrogen and oxygen atoms in total. The fraction of sp³-hybridized carbons (Fsp3) is 0.273. The fourth-order valence-corrected chi connectivity index (χ4v) is 1.54. The summed E-state index contributed by atoms with van der Waals surface area (Å²) in [4.78, 5) is 0. The normalized spacial score (nSPS) is 15.3. The summed E-state index contributed by atoms with van der Waals surface area (Å²) in [6, 6.07) is 4.41. The van der Waals surface area contributed by atoms with Gasteiger partial charge in [-0.15, -0.1) is 10.2 Å². The number of rotatable bonds is 2. The van der Waals surface area contributed by atoms with Crippen LogP contribution in [0.1, 0.15) is 24.7 Å². The third-order valence-corrected chi connectivity index (χ3v) is 2.59. The maximum Gasteiger partial charge on any atom is 0.250 e. The minimum Gasteiger partial charge on any atom is -0.420 e. The van der Waals surface area contributed by atoms with Crippen LogP contribution in [0.2, 0.25) is 0 Å². The summed E-state index contributed by atoms with van der Waals surface area (Å²) in [5.41, 5.74) is 6.14. The highest BCUT2D eigenvalue weighted by Gasteiger charge is 2.29. The zero-order valence-corrected chi connectivity index (χ0v) is 8.48. The molecule has 2 aromatic rings. The molecule has 0 aliphatic heterocycles. The molecule has 1 aromatic carbocycles. The Morgan fingerprint density at radius 3 is 2.81 bits per heavy atom. The van der Waals surface area contributed by atoms with E-state index in [1.165, 1.54) is 6.07 Å². The van der Waals surface area contributed by atoms with Crippen molar-refractivity contribution in [1.82, 2.24) is 10.2 Å². The molecule has 0 amide bonds. The van der Waals surface area contributed by atoms with Gasteiger partial charge in [-0.2, -0.15) is 0 Å². The third-order valence-electron chi connectivity index (χ3n) is 2.59. The summed E-state index contributed by atoms with van der Waals surface area (Å²) in [7, 11) is 0. The molecule has 82 valence electrons. The van der Waals surface area contributed by atoms with Crippen LogP contribution < -0.4 is 5.73 Å². The van der Waals surface area contributed by atoms with Crippen LogP contribution in [0.4, 0.5) is 10.1 Å². The molecule has 0 atom stereocenters. The SMILES string of the molecule is Nc1ccc(-c2nnc(C3CC3)o2)c(F)c1. The topological polar surface area (TPSA) is 64.9 Å². The van der Waals surface area contributed by atoms with E-state index < -0.39 is 5.82 Å². The van der Waals surface area contributed by atoms with Crippen molar-refractivity contribution in [2.75, 3.05) is 5.73 Å². The Morgan fingerprint density at radius 1 is 1.31 bits per heavy atom. The van der Waals surface area contributed by atoms with Crippen molar-refractivity contribution < 1.29 is 8.81 Å². The van der Waals surface area contributed by atoms with E-state index >= 15 is 0 Å². The summed E-state index contributed by atoms with van der Waals surface area (Å²) in [5.74, 6) is 0.759. The van der Waals surface area contributed by atoms with Gasteiger partial charge in [0.1, 0.15) is 5.82 Å². The van der Waals surface area contributed by atoms with Crippen LogP contribution in [0, 0.1) is 5.82 Å². The molecule has 0 spiro atoms. The Bertz CT molecular complexity index is 534. The maximum absolute atomic E-state index is 13.6. The van der Waals surface area contributed by atoms with Crippen molar-refractivity contribution in [3.05, 3.63) is 29.9 Å². The van der Waals surface area contributed by atoms with Crippen LogP contribution in [-0.2, 0) is 0 Å². The van der Waals surface area contributed by atoms with E-state index in [0.29, 0.717) is 23.1 Å². The Balaban J connectivity index is 2.00. The van der Waals surface area contributed by atoms with Gasteiger partial charge < -0.3 is 10.2 Å². The monoisotopic (exact) mass is 219 g/mol. The maximum atomic E-state index is 13.6. The second-order valence-electron chi connectivity index (χ2n) is 3.96. The average Bonchev–Trinajstić information content (AvgIpc) is 2.98.